The van der Waals surface area contributed by atoms with Gasteiger partial charge in [0.25, 0.3) is 0 Å². The molecule has 0 aromatic heterocycles. The van der Waals surface area contributed by atoms with Crippen LogP contribution in [-0.4, -0.2) is 16.7 Å². The van der Waals surface area contributed by atoms with Crippen molar-refractivity contribution in [1.82, 2.24) is 0 Å². The second-order valence-electron chi connectivity index (χ2n) is 2.12. The normalized spacial score (nSPS) is 17.9. The van der Waals surface area contributed by atoms with Gasteiger partial charge in [-0.15, -0.1) is 0 Å². The fourth-order valence-electron chi connectivity index (χ4n) is 0.738. The second-order valence-corrected chi connectivity index (χ2v) is 2.88. The minimum absolute atomic E-state index is 0.470. The van der Waals surface area contributed by atoms with Crippen molar-refractivity contribution in [2.75, 3.05) is 0 Å². The zero-order valence-corrected chi connectivity index (χ0v) is 7.48. The third kappa shape index (κ3) is 1.32. The summed E-state index contributed by atoms with van der Waals surface area (Å²) < 4.78 is 0. The van der Waals surface area contributed by atoms with Crippen LogP contribution in [0, 0.1) is 11.3 Å². The van der Waals surface area contributed by atoms with Gasteiger partial charge in [-0.05, 0) is 0 Å². The summed E-state index contributed by atoms with van der Waals surface area (Å²) in [4.78, 5) is 21.9. The highest BCUT2D eigenvalue weighted by molar-refractivity contribution is 6.65. The van der Waals surface area contributed by atoms with Crippen LogP contribution in [0.5, 0.6) is 0 Å². The van der Waals surface area contributed by atoms with E-state index in [1.54, 1.807) is 0 Å². The number of rotatable bonds is 0. The molecule has 0 amide bonds. The molecule has 0 aromatic carbocycles. The van der Waals surface area contributed by atoms with Gasteiger partial charge in [0, 0.05) is 0 Å². The number of halogens is 2. The van der Waals surface area contributed by atoms with Crippen molar-refractivity contribution in [3.8, 4) is 6.07 Å². The molecule has 1 N–H and O–H groups in total. The lowest BCUT2D eigenvalue weighted by Crippen LogP contribution is -2.22. The van der Waals surface area contributed by atoms with Crippen LogP contribution in [0.15, 0.2) is 21.4 Å². The number of nitriles is 1. The lowest BCUT2D eigenvalue weighted by molar-refractivity contribution is -0.131. The molecule has 0 aromatic rings. The van der Waals surface area contributed by atoms with Crippen LogP contribution in [0.3, 0.4) is 0 Å². The Hall–Kier alpha value is -1.31. The van der Waals surface area contributed by atoms with E-state index in [1.807, 2.05) is 0 Å². The number of allylic oxidation sites excluding steroid dienone is 3. The van der Waals surface area contributed by atoms with Crippen LogP contribution in [0.4, 0.5) is 0 Å². The molecule has 1 aliphatic rings. The molecule has 0 bridgehead atoms. The zero-order chi connectivity index (χ0) is 10.2. The Morgan fingerprint density at radius 2 is 1.69 bits per heavy atom. The fraction of sp³-hybridized carbons (Fsp3) is 0. The highest BCUT2D eigenvalue weighted by atomic mass is 35.5. The Morgan fingerprint density at radius 1 is 1.15 bits per heavy atom. The largest absolute Gasteiger partial charge is 0.505 e. The van der Waals surface area contributed by atoms with Gasteiger partial charge in [0.05, 0.1) is 0 Å². The number of carbonyl (C=O) groups excluding carboxylic acids is 2. The summed E-state index contributed by atoms with van der Waals surface area (Å²) in [5.41, 5.74) is -0.681. The molecule has 1 rings (SSSR count). The number of aliphatic hydroxyl groups is 1. The van der Waals surface area contributed by atoms with Crippen molar-refractivity contribution in [1.29, 1.82) is 5.26 Å². The number of hydrogen-bond acceptors (Lipinski definition) is 4. The SMILES string of the molecule is N#CC1=C(O)C(Cl)=C(Cl)C(=O)C1=O. The molecule has 0 heterocycles. The van der Waals surface area contributed by atoms with Gasteiger partial charge in [0.2, 0.25) is 11.6 Å². The number of aliphatic hydroxyl groups excluding tert-OH is 1. The van der Waals surface area contributed by atoms with E-state index in [1.165, 1.54) is 6.07 Å². The van der Waals surface area contributed by atoms with Crippen LogP contribution in [0.2, 0.25) is 0 Å². The molecule has 0 saturated carbocycles. The molecule has 0 aliphatic heterocycles. The van der Waals surface area contributed by atoms with Crippen molar-refractivity contribution >= 4 is 34.8 Å². The Morgan fingerprint density at radius 3 is 2.15 bits per heavy atom. The quantitative estimate of drug-likeness (QED) is 0.488. The van der Waals surface area contributed by atoms with Gasteiger partial charge in [-0.25, -0.2) is 0 Å². The molecule has 66 valence electrons. The van der Waals surface area contributed by atoms with Gasteiger partial charge in [-0.3, -0.25) is 9.59 Å². The van der Waals surface area contributed by atoms with E-state index in [9.17, 15) is 9.59 Å². The monoisotopic (exact) mass is 217 g/mol. The summed E-state index contributed by atoms with van der Waals surface area (Å²) in [6.45, 7) is 0. The van der Waals surface area contributed by atoms with Crippen LogP contribution < -0.4 is 0 Å². The van der Waals surface area contributed by atoms with Gasteiger partial charge in [0.1, 0.15) is 21.7 Å². The standard InChI is InChI=1S/C7HCl2NO3/c8-3-4(9)7(13)6(12)2(1-10)5(3)11/h11H. The second kappa shape index (κ2) is 3.21. The molecule has 0 unspecified atom stereocenters. The van der Waals surface area contributed by atoms with E-state index in [2.05, 4.69) is 0 Å². The first-order valence-corrected chi connectivity index (χ1v) is 3.74. The van der Waals surface area contributed by atoms with E-state index in [0.717, 1.165) is 0 Å². The van der Waals surface area contributed by atoms with Gasteiger partial charge >= 0.3 is 0 Å². The number of hydrogen-bond donors (Lipinski definition) is 1. The summed E-state index contributed by atoms with van der Waals surface area (Å²) in [5.74, 6) is -2.98. The van der Waals surface area contributed by atoms with Crippen molar-refractivity contribution in [3.05, 3.63) is 21.4 Å². The highest BCUT2D eigenvalue weighted by Crippen LogP contribution is 2.29. The lowest BCUT2D eigenvalue weighted by Gasteiger charge is -2.08. The summed E-state index contributed by atoms with van der Waals surface area (Å²) >= 11 is 10.7. The predicted octanol–water partition coefficient (Wildman–Crippen LogP) is 1.16. The highest BCUT2D eigenvalue weighted by Gasteiger charge is 2.33. The average Bonchev–Trinajstić information content (AvgIpc) is 2.13. The minimum atomic E-state index is -1.14. The first-order valence-electron chi connectivity index (χ1n) is 2.98. The molecule has 0 radical (unpaired) electrons. The lowest BCUT2D eigenvalue weighted by atomic mass is 10.0. The third-order valence-electron chi connectivity index (χ3n) is 1.38. The Balaban J connectivity index is 3.47. The molecule has 13 heavy (non-hydrogen) atoms. The number of ketones is 2. The molecule has 1 aliphatic carbocycles. The maximum Gasteiger partial charge on any atom is 0.248 e. The Kier molecular flexibility index (Phi) is 2.41. The van der Waals surface area contributed by atoms with Crippen molar-refractivity contribution in [2.45, 2.75) is 0 Å². The van der Waals surface area contributed by atoms with Crippen LogP contribution in [0.25, 0.3) is 0 Å². The summed E-state index contributed by atoms with van der Waals surface area (Å²) in [6.07, 6.45) is 0. The number of nitrogens with zero attached hydrogens (tertiary/aromatic N) is 1. The van der Waals surface area contributed by atoms with E-state index >= 15 is 0 Å². The molecular formula is C7HCl2NO3. The van der Waals surface area contributed by atoms with Crippen LogP contribution in [0.1, 0.15) is 0 Å². The Bertz CT molecular complexity index is 414. The number of carbonyl (C=O) groups is 2. The first-order chi connectivity index (χ1) is 6.00. The van der Waals surface area contributed by atoms with Crippen LogP contribution in [-0.2, 0) is 9.59 Å². The maximum absolute atomic E-state index is 11.0. The van der Waals surface area contributed by atoms with Gasteiger partial charge in [0.15, 0.2) is 5.76 Å². The van der Waals surface area contributed by atoms with Gasteiger partial charge in [-0.2, -0.15) is 5.26 Å². The molecular weight excluding hydrogens is 217 g/mol. The Labute approximate surface area is 82.7 Å². The van der Waals surface area contributed by atoms with Crippen molar-refractivity contribution < 1.29 is 14.7 Å². The molecule has 4 nitrogen and oxygen atoms in total. The van der Waals surface area contributed by atoms with Crippen molar-refractivity contribution in [3.63, 3.8) is 0 Å². The average molecular weight is 218 g/mol. The van der Waals surface area contributed by atoms with E-state index in [-0.39, 0.29) is 0 Å². The van der Waals surface area contributed by atoms with Gasteiger partial charge in [-0.1, -0.05) is 23.2 Å². The molecule has 0 saturated heterocycles. The van der Waals surface area contributed by atoms with Crippen LogP contribution >= 0.6 is 23.2 Å². The molecule has 6 heteroatoms. The van der Waals surface area contributed by atoms with Gasteiger partial charge < -0.3 is 5.11 Å². The molecule has 0 fully saturated rings. The number of Topliss-reactive ketones (excluding diaryl/α,β-unsaturated/α-hetero) is 2. The summed E-state index contributed by atoms with van der Waals surface area (Å²) in [7, 11) is 0. The maximum atomic E-state index is 11.0. The minimum Gasteiger partial charge on any atom is -0.505 e. The van der Waals surface area contributed by atoms with E-state index < -0.39 is 33.0 Å². The fourth-order valence-corrected chi connectivity index (χ4v) is 1.09. The van der Waals surface area contributed by atoms with E-state index in [4.69, 9.17) is 33.6 Å². The van der Waals surface area contributed by atoms with E-state index in [0.29, 0.717) is 0 Å². The zero-order valence-electron chi connectivity index (χ0n) is 5.97. The topological polar surface area (TPSA) is 78.2 Å². The molecule has 0 spiro atoms. The summed E-state index contributed by atoms with van der Waals surface area (Å²) in [6, 6.07) is 1.37. The summed E-state index contributed by atoms with van der Waals surface area (Å²) in [5, 5.41) is 16.5. The first kappa shape index (κ1) is 9.78. The molecule has 0 atom stereocenters. The smallest absolute Gasteiger partial charge is 0.248 e. The predicted molar refractivity (Wildman–Crippen MR) is 44.0 cm³/mol. The third-order valence-corrected chi connectivity index (χ3v) is 2.21. The van der Waals surface area contributed by atoms with Crippen molar-refractivity contribution in [2.24, 2.45) is 0 Å².